The largest absolute Gasteiger partial charge is 0.391 e. The molecule has 1 amide bonds. The lowest BCUT2D eigenvalue weighted by atomic mass is 9.97. The van der Waals surface area contributed by atoms with Crippen LogP contribution in [0.15, 0.2) is 42.6 Å². The molecule has 2 aromatic rings. The van der Waals surface area contributed by atoms with Gasteiger partial charge in [0.2, 0.25) is 0 Å². The smallest absolute Gasteiger partial charge is 0.252 e. The molecule has 23 heavy (non-hydrogen) atoms. The van der Waals surface area contributed by atoms with Gasteiger partial charge in [-0.3, -0.25) is 9.78 Å². The van der Waals surface area contributed by atoms with Crippen molar-refractivity contribution in [2.45, 2.75) is 25.0 Å². The topological polar surface area (TPSA) is 88.2 Å². The number of carbonyl (C=O) groups is 1. The molecule has 0 aliphatic rings. The van der Waals surface area contributed by atoms with Crippen molar-refractivity contribution in [1.82, 2.24) is 10.3 Å². The van der Waals surface area contributed by atoms with Gasteiger partial charge < -0.3 is 16.2 Å². The van der Waals surface area contributed by atoms with Gasteiger partial charge in [0.05, 0.1) is 17.4 Å². The summed E-state index contributed by atoms with van der Waals surface area (Å²) in [5, 5.41) is 12.8. The molecule has 2 atom stereocenters. The average Bonchev–Trinajstić information content (AvgIpc) is 2.56. The number of aliphatic hydroxyl groups is 1. The van der Waals surface area contributed by atoms with Crippen LogP contribution in [0.25, 0.3) is 0 Å². The van der Waals surface area contributed by atoms with Crippen molar-refractivity contribution in [2.24, 2.45) is 5.73 Å². The fraction of sp³-hybridized carbons (Fsp3) is 0.294. The van der Waals surface area contributed by atoms with Gasteiger partial charge in [-0.2, -0.15) is 0 Å². The Morgan fingerprint density at radius 1 is 1.30 bits per heavy atom. The minimum Gasteiger partial charge on any atom is -0.391 e. The van der Waals surface area contributed by atoms with Gasteiger partial charge in [-0.1, -0.05) is 18.2 Å². The molecule has 6 heteroatoms. The minimum absolute atomic E-state index is 0.124. The Bertz CT molecular complexity index is 678. The summed E-state index contributed by atoms with van der Waals surface area (Å²) in [5.74, 6) is -0.623. The number of halogens is 1. The zero-order valence-electron chi connectivity index (χ0n) is 12.9. The number of amides is 1. The van der Waals surface area contributed by atoms with E-state index in [4.69, 9.17) is 5.73 Å². The Morgan fingerprint density at radius 2 is 2.04 bits per heavy atom. The fourth-order valence-electron chi connectivity index (χ4n) is 2.35. The van der Waals surface area contributed by atoms with E-state index >= 15 is 0 Å². The summed E-state index contributed by atoms with van der Waals surface area (Å²) < 4.78 is 13.7. The quantitative estimate of drug-likeness (QED) is 0.743. The van der Waals surface area contributed by atoms with Gasteiger partial charge in [0, 0.05) is 25.7 Å². The molecule has 122 valence electrons. The van der Waals surface area contributed by atoms with E-state index in [1.165, 1.54) is 13.1 Å². The van der Waals surface area contributed by atoms with Crippen LogP contribution in [0.2, 0.25) is 0 Å². The van der Waals surface area contributed by atoms with Crippen LogP contribution in [0.4, 0.5) is 4.39 Å². The molecule has 0 saturated carbocycles. The maximum absolute atomic E-state index is 13.7. The van der Waals surface area contributed by atoms with Gasteiger partial charge in [-0.05, 0) is 30.2 Å². The van der Waals surface area contributed by atoms with Crippen LogP contribution in [-0.4, -0.2) is 35.2 Å². The van der Waals surface area contributed by atoms with Crippen LogP contribution >= 0.6 is 0 Å². The summed E-state index contributed by atoms with van der Waals surface area (Å²) in [6.07, 6.45) is 0.944. The lowest BCUT2D eigenvalue weighted by Gasteiger charge is -2.19. The summed E-state index contributed by atoms with van der Waals surface area (Å²) >= 11 is 0. The third-order valence-corrected chi connectivity index (χ3v) is 3.67. The molecule has 4 N–H and O–H groups in total. The highest BCUT2D eigenvalue weighted by atomic mass is 19.1. The van der Waals surface area contributed by atoms with Crippen LogP contribution in [0.3, 0.4) is 0 Å². The van der Waals surface area contributed by atoms with Crippen molar-refractivity contribution in [3.8, 4) is 0 Å². The number of nitrogens with zero attached hydrogens (tertiary/aromatic N) is 1. The molecule has 0 fully saturated rings. The van der Waals surface area contributed by atoms with Crippen molar-refractivity contribution in [1.29, 1.82) is 0 Å². The second-order valence-electron chi connectivity index (χ2n) is 5.31. The molecule has 0 saturated heterocycles. The average molecular weight is 317 g/mol. The van der Waals surface area contributed by atoms with E-state index in [9.17, 15) is 14.3 Å². The second-order valence-corrected chi connectivity index (χ2v) is 5.31. The van der Waals surface area contributed by atoms with Crippen LogP contribution in [-0.2, 0) is 12.8 Å². The molecule has 0 bridgehead atoms. The molecule has 0 aliphatic heterocycles. The number of pyridine rings is 1. The van der Waals surface area contributed by atoms with Crippen molar-refractivity contribution < 1.29 is 14.3 Å². The normalized spacial score (nSPS) is 13.4. The lowest BCUT2D eigenvalue weighted by Crippen LogP contribution is -2.39. The number of nitrogens with one attached hydrogen (secondary N) is 1. The van der Waals surface area contributed by atoms with E-state index in [-0.39, 0.29) is 24.6 Å². The number of carbonyl (C=O) groups excluding carboxylic acids is 1. The molecule has 2 rings (SSSR count). The van der Waals surface area contributed by atoms with Gasteiger partial charge in [-0.15, -0.1) is 0 Å². The highest BCUT2D eigenvalue weighted by molar-refractivity contribution is 5.95. The summed E-state index contributed by atoms with van der Waals surface area (Å²) in [4.78, 5) is 16.0. The molecule has 1 aromatic carbocycles. The maximum Gasteiger partial charge on any atom is 0.252 e. The molecule has 1 aromatic heterocycles. The molecule has 1 heterocycles. The highest BCUT2D eigenvalue weighted by Gasteiger charge is 2.20. The van der Waals surface area contributed by atoms with Crippen molar-refractivity contribution in [3.05, 3.63) is 65.2 Å². The summed E-state index contributed by atoms with van der Waals surface area (Å²) in [7, 11) is 1.53. The summed E-state index contributed by atoms with van der Waals surface area (Å²) in [6, 6.07) is 8.95. The first-order valence-electron chi connectivity index (χ1n) is 7.36. The van der Waals surface area contributed by atoms with Gasteiger partial charge in [0.1, 0.15) is 5.82 Å². The first-order valence-corrected chi connectivity index (χ1v) is 7.36. The van der Waals surface area contributed by atoms with E-state index in [0.717, 1.165) is 0 Å². The monoisotopic (exact) mass is 317 g/mol. The second kappa shape index (κ2) is 7.80. The van der Waals surface area contributed by atoms with Crippen LogP contribution in [0.1, 0.15) is 21.6 Å². The van der Waals surface area contributed by atoms with Crippen LogP contribution < -0.4 is 11.1 Å². The first-order chi connectivity index (χ1) is 11.0. The predicted octanol–water partition coefficient (Wildman–Crippen LogP) is 1.05. The first kappa shape index (κ1) is 17.1. The Labute approximate surface area is 134 Å². The van der Waals surface area contributed by atoms with Crippen LogP contribution in [0, 0.1) is 5.82 Å². The molecule has 0 spiro atoms. The standard InChI is InChI=1S/C17H20FN3O2/c1-20-17(23)12-6-4-8-21-15(12)10-16(22)14(19)9-11-5-2-3-7-13(11)18/h2-8,14,16,22H,9-10,19H2,1H3,(H,20,23)/t14-,16+/m1/s1. The van der Waals surface area contributed by atoms with Crippen molar-refractivity contribution in [2.75, 3.05) is 7.05 Å². The number of aromatic nitrogens is 1. The number of hydrogen-bond acceptors (Lipinski definition) is 4. The van der Waals surface area contributed by atoms with Gasteiger partial charge in [0.15, 0.2) is 0 Å². The maximum atomic E-state index is 13.7. The molecular formula is C17H20FN3O2. The summed E-state index contributed by atoms with van der Waals surface area (Å²) in [5.41, 5.74) is 7.29. The SMILES string of the molecule is CNC(=O)c1cccnc1C[C@H](O)[C@H](N)Cc1ccccc1F. The third-order valence-electron chi connectivity index (χ3n) is 3.67. The minimum atomic E-state index is -0.937. The van der Waals surface area contributed by atoms with E-state index < -0.39 is 12.1 Å². The molecule has 0 radical (unpaired) electrons. The molecule has 5 nitrogen and oxygen atoms in total. The molecule has 0 aliphatic carbocycles. The Balaban J connectivity index is 2.08. The fourth-order valence-corrected chi connectivity index (χ4v) is 2.35. The van der Waals surface area contributed by atoms with Gasteiger partial charge in [0.25, 0.3) is 5.91 Å². The third kappa shape index (κ3) is 4.34. The zero-order chi connectivity index (χ0) is 16.8. The lowest BCUT2D eigenvalue weighted by molar-refractivity contribution is 0.0959. The van der Waals surface area contributed by atoms with Crippen molar-refractivity contribution in [3.63, 3.8) is 0 Å². The van der Waals surface area contributed by atoms with E-state index in [1.807, 2.05) is 0 Å². The van der Waals surface area contributed by atoms with Gasteiger partial charge >= 0.3 is 0 Å². The number of rotatable bonds is 6. The van der Waals surface area contributed by atoms with E-state index in [1.54, 1.807) is 36.5 Å². The molecular weight excluding hydrogens is 297 g/mol. The van der Waals surface area contributed by atoms with E-state index in [0.29, 0.717) is 16.8 Å². The molecule has 0 unspecified atom stereocenters. The summed E-state index contributed by atoms with van der Waals surface area (Å²) in [6.45, 7) is 0. The number of aliphatic hydroxyl groups excluding tert-OH is 1. The Kier molecular flexibility index (Phi) is 5.78. The number of benzene rings is 1. The number of nitrogens with two attached hydrogens (primary N) is 1. The highest BCUT2D eigenvalue weighted by Crippen LogP contribution is 2.14. The van der Waals surface area contributed by atoms with Gasteiger partial charge in [-0.25, -0.2) is 4.39 Å². The predicted molar refractivity (Wildman–Crippen MR) is 85.4 cm³/mol. The Hall–Kier alpha value is -2.31. The van der Waals surface area contributed by atoms with Crippen LogP contribution in [0.5, 0.6) is 0 Å². The van der Waals surface area contributed by atoms with Crippen molar-refractivity contribution >= 4 is 5.91 Å². The zero-order valence-corrected chi connectivity index (χ0v) is 12.9. The Morgan fingerprint density at radius 3 is 2.74 bits per heavy atom. The van der Waals surface area contributed by atoms with E-state index in [2.05, 4.69) is 10.3 Å². The number of hydrogen-bond donors (Lipinski definition) is 3.